The van der Waals surface area contributed by atoms with Gasteiger partial charge in [-0.25, -0.2) is 0 Å². The number of rotatable bonds is 1. The topological polar surface area (TPSA) is 15.8 Å². The maximum absolute atomic E-state index is 3.25. The third kappa shape index (κ3) is 3.39. The molecule has 1 aromatic heterocycles. The summed E-state index contributed by atoms with van der Waals surface area (Å²) in [7, 11) is 0. The van der Waals surface area contributed by atoms with Crippen LogP contribution in [0.25, 0.3) is 22.0 Å². The van der Waals surface area contributed by atoms with Crippen molar-refractivity contribution in [1.82, 2.24) is 4.98 Å². The zero-order valence-electron chi connectivity index (χ0n) is 12.1. The molecule has 0 amide bonds. The van der Waals surface area contributed by atoms with Gasteiger partial charge in [-0.3, -0.25) is 0 Å². The van der Waals surface area contributed by atoms with E-state index in [1.165, 1.54) is 10.9 Å². The van der Waals surface area contributed by atoms with Gasteiger partial charge < -0.3 is 4.98 Å². The normalized spacial score (nSPS) is 8.63. The second kappa shape index (κ2) is 8.00. The zero-order chi connectivity index (χ0) is 14.1. The Balaban J connectivity index is 0.000000415. The molecule has 3 aromatic rings. The second-order valence-corrected chi connectivity index (χ2v) is 3.46. The van der Waals surface area contributed by atoms with Gasteiger partial charge >= 0.3 is 0 Å². The molecule has 98 valence electrons. The third-order valence-corrected chi connectivity index (χ3v) is 2.53. The van der Waals surface area contributed by atoms with Crippen molar-refractivity contribution in [2.75, 3.05) is 0 Å². The summed E-state index contributed by atoms with van der Waals surface area (Å²) < 4.78 is 0. The number of aromatic amines is 1. The van der Waals surface area contributed by atoms with Crippen LogP contribution in [0.5, 0.6) is 0 Å². The van der Waals surface area contributed by atoms with Crippen LogP contribution < -0.4 is 0 Å². The fourth-order valence-electron chi connectivity index (χ4n) is 1.81. The highest BCUT2D eigenvalue weighted by molar-refractivity contribution is 5.94. The Morgan fingerprint density at radius 2 is 1.63 bits per heavy atom. The van der Waals surface area contributed by atoms with Gasteiger partial charge in [-0.2, -0.15) is 0 Å². The molecule has 0 aliphatic rings. The number of hydrogen-bond acceptors (Lipinski definition) is 0. The summed E-state index contributed by atoms with van der Waals surface area (Å²) in [6.07, 6.45) is 2.02. The number of benzene rings is 1. The third-order valence-electron chi connectivity index (χ3n) is 2.53. The molecule has 0 aliphatic carbocycles. The van der Waals surface area contributed by atoms with Gasteiger partial charge in [0, 0.05) is 28.2 Å². The van der Waals surface area contributed by atoms with Crippen LogP contribution in [0, 0.1) is 12.1 Å². The lowest BCUT2D eigenvalue weighted by Crippen LogP contribution is -1.71. The van der Waals surface area contributed by atoms with Crippen molar-refractivity contribution in [1.29, 1.82) is 0 Å². The molecular weight excluding hydrogens is 230 g/mol. The highest BCUT2D eigenvalue weighted by atomic mass is 14.7. The van der Waals surface area contributed by atoms with Crippen molar-refractivity contribution in [3.63, 3.8) is 0 Å². The zero-order valence-corrected chi connectivity index (χ0v) is 12.1. The van der Waals surface area contributed by atoms with Crippen LogP contribution in [0.4, 0.5) is 0 Å². The standard InChI is InChI=1S/C14H9N.2C2H6/c1-2-6-11(7-3-1)13-10-15-14-9-5-4-8-12(13)14;2*1-2/h1-2,4-6,8-10,15H;2*1-2H3. The van der Waals surface area contributed by atoms with Crippen LogP contribution in [0.15, 0.2) is 48.7 Å². The lowest BCUT2D eigenvalue weighted by atomic mass is 10.1. The largest absolute Gasteiger partial charge is 0.361 e. The Morgan fingerprint density at radius 3 is 2.32 bits per heavy atom. The number of para-hydroxylation sites is 1. The average Bonchev–Trinajstić information content (AvgIpc) is 2.96. The smallest absolute Gasteiger partial charge is 0.0460 e. The Kier molecular flexibility index (Phi) is 6.26. The van der Waals surface area contributed by atoms with E-state index in [1.54, 1.807) is 0 Å². The van der Waals surface area contributed by atoms with Crippen LogP contribution >= 0.6 is 0 Å². The van der Waals surface area contributed by atoms with E-state index in [2.05, 4.69) is 29.2 Å². The molecule has 0 bridgehead atoms. The highest BCUT2D eigenvalue weighted by Gasteiger charge is 2.03. The van der Waals surface area contributed by atoms with Gasteiger partial charge in [0.05, 0.1) is 0 Å². The minimum absolute atomic E-state index is 1.08. The summed E-state index contributed by atoms with van der Waals surface area (Å²) in [6, 6.07) is 20.2. The first-order valence-electron chi connectivity index (χ1n) is 6.90. The van der Waals surface area contributed by atoms with Crippen LogP contribution in [0.3, 0.4) is 0 Å². The molecule has 0 atom stereocenters. The van der Waals surface area contributed by atoms with Gasteiger partial charge in [0.15, 0.2) is 0 Å². The number of fused-ring (bicyclic) bond motifs is 1. The minimum atomic E-state index is 1.08. The van der Waals surface area contributed by atoms with Crippen LogP contribution in [-0.4, -0.2) is 4.98 Å². The summed E-state index contributed by atoms with van der Waals surface area (Å²) in [6.45, 7) is 8.00. The van der Waals surface area contributed by atoms with Gasteiger partial charge in [-0.15, -0.1) is 0 Å². The fourth-order valence-corrected chi connectivity index (χ4v) is 1.81. The van der Waals surface area contributed by atoms with Crippen molar-refractivity contribution in [2.45, 2.75) is 27.7 Å². The number of aromatic nitrogens is 1. The van der Waals surface area contributed by atoms with Crippen molar-refractivity contribution < 1.29 is 0 Å². The molecule has 1 nitrogen and oxygen atoms in total. The number of hydrogen-bond donors (Lipinski definition) is 1. The SMILES string of the molecule is CC.CC.c1cccc(-c2c[nH]c3ccccc23)c#1. The number of nitrogens with one attached hydrogen (secondary N) is 1. The van der Waals surface area contributed by atoms with Crippen LogP contribution in [-0.2, 0) is 0 Å². The first-order chi connectivity index (χ1) is 9.45. The van der Waals surface area contributed by atoms with E-state index in [4.69, 9.17) is 0 Å². The Morgan fingerprint density at radius 1 is 0.895 bits per heavy atom. The minimum Gasteiger partial charge on any atom is -0.361 e. The molecule has 1 heterocycles. The average molecular weight is 251 g/mol. The Hall–Kier alpha value is -2.20. The maximum atomic E-state index is 3.25. The fraction of sp³-hybridized carbons (Fsp3) is 0.222. The molecule has 0 aliphatic heterocycles. The summed E-state index contributed by atoms with van der Waals surface area (Å²) >= 11 is 0. The molecule has 1 N–H and O–H groups in total. The highest BCUT2D eigenvalue weighted by Crippen LogP contribution is 2.26. The Labute approximate surface area is 116 Å². The van der Waals surface area contributed by atoms with Gasteiger partial charge in [0.2, 0.25) is 0 Å². The quantitative estimate of drug-likeness (QED) is 0.588. The van der Waals surface area contributed by atoms with E-state index < -0.39 is 0 Å². The van der Waals surface area contributed by atoms with Gasteiger partial charge in [-0.1, -0.05) is 64.1 Å². The monoisotopic (exact) mass is 251 g/mol. The molecule has 1 heteroatoms. The lowest BCUT2D eigenvalue weighted by molar-refractivity contribution is 1.47. The van der Waals surface area contributed by atoms with Crippen LogP contribution in [0.2, 0.25) is 0 Å². The van der Waals surface area contributed by atoms with Crippen molar-refractivity contribution >= 4 is 10.9 Å². The van der Waals surface area contributed by atoms with Crippen LogP contribution in [0.1, 0.15) is 27.7 Å². The lowest BCUT2D eigenvalue weighted by Gasteiger charge is -1.94. The predicted octanol–water partition coefficient (Wildman–Crippen LogP) is 5.49. The molecule has 0 fully saturated rings. The predicted molar refractivity (Wildman–Crippen MR) is 84.1 cm³/mol. The first kappa shape index (κ1) is 14.9. The molecule has 19 heavy (non-hydrogen) atoms. The Bertz CT molecular complexity index is 579. The summed E-state index contributed by atoms with van der Waals surface area (Å²) in [5.74, 6) is 0. The van der Waals surface area contributed by atoms with Gasteiger partial charge in [0.1, 0.15) is 0 Å². The van der Waals surface area contributed by atoms with Gasteiger partial charge in [0.25, 0.3) is 0 Å². The van der Waals surface area contributed by atoms with Crippen molar-refractivity contribution in [3.05, 3.63) is 60.8 Å². The molecule has 2 aromatic carbocycles. The van der Waals surface area contributed by atoms with E-state index in [9.17, 15) is 0 Å². The summed E-state index contributed by atoms with van der Waals surface area (Å²) in [5, 5.41) is 1.23. The van der Waals surface area contributed by atoms with Gasteiger partial charge in [-0.05, 0) is 18.2 Å². The van der Waals surface area contributed by atoms with Crippen molar-refractivity contribution in [2.24, 2.45) is 0 Å². The number of H-pyrrole nitrogens is 1. The molecule has 3 rings (SSSR count). The van der Waals surface area contributed by atoms with E-state index in [1.807, 2.05) is 64.2 Å². The molecule has 0 saturated carbocycles. The second-order valence-electron chi connectivity index (χ2n) is 3.46. The first-order valence-corrected chi connectivity index (χ1v) is 6.90. The molecule has 0 spiro atoms. The molecular formula is C18H21N. The molecule has 0 radical (unpaired) electrons. The summed E-state index contributed by atoms with van der Waals surface area (Å²) in [4.78, 5) is 3.25. The molecule has 0 saturated heterocycles. The van der Waals surface area contributed by atoms with E-state index >= 15 is 0 Å². The maximum Gasteiger partial charge on any atom is 0.0460 e. The molecule has 0 unspecified atom stereocenters. The van der Waals surface area contributed by atoms with E-state index in [-0.39, 0.29) is 0 Å². The van der Waals surface area contributed by atoms with Crippen molar-refractivity contribution in [3.8, 4) is 11.1 Å². The summed E-state index contributed by atoms with van der Waals surface area (Å²) in [5.41, 5.74) is 3.42. The van der Waals surface area contributed by atoms with E-state index in [0.717, 1.165) is 11.1 Å². The van der Waals surface area contributed by atoms with E-state index in [0.29, 0.717) is 0 Å².